The van der Waals surface area contributed by atoms with E-state index in [-0.39, 0.29) is 11.9 Å². The highest BCUT2D eigenvalue weighted by atomic mass is 35.5. The second kappa shape index (κ2) is 4.88. The molecular weight excluding hydrogens is 222 g/mol. The van der Waals surface area contributed by atoms with E-state index >= 15 is 0 Å². The molecule has 0 aromatic heterocycles. The lowest BCUT2D eigenvalue weighted by Crippen LogP contribution is -2.38. The first-order valence-corrected chi connectivity index (χ1v) is 6.19. The highest BCUT2D eigenvalue weighted by Gasteiger charge is 2.33. The van der Waals surface area contributed by atoms with Gasteiger partial charge in [0.15, 0.2) is 0 Å². The Morgan fingerprint density at radius 3 is 2.75 bits per heavy atom. The molecule has 2 atom stereocenters. The molecule has 2 rings (SSSR count). The van der Waals surface area contributed by atoms with Crippen LogP contribution in [0.3, 0.4) is 0 Å². The van der Waals surface area contributed by atoms with Crippen molar-refractivity contribution in [1.82, 2.24) is 4.90 Å². The predicted octanol–water partition coefficient (Wildman–Crippen LogP) is 2.78. The maximum Gasteiger partial charge on any atom is 0.254 e. The first-order chi connectivity index (χ1) is 7.74. The quantitative estimate of drug-likeness (QED) is 0.725. The molecule has 1 aromatic carbocycles. The van der Waals surface area contributed by atoms with E-state index in [0.29, 0.717) is 11.8 Å². The summed E-state index contributed by atoms with van der Waals surface area (Å²) in [5.74, 6) is 1.14. The standard InChI is InChI=1S/C13H16ClNO/c1-10-7-8-15(12(10)9-14)13(16)11-5-3-2-4-6-11/h2-6,10,12H,7-9H2,1H3. The van der Waals surface area contributed by atoms with Crippen LogP contribution in [-0.2, 0) is 0 Å². The summed E-state index contributed by atoms with van der Waals surface area (Å²) in [5, 5.41) is 0. The van der Waals surface area contributed by atoms with Gasteiger partial charge in [-0.15, -0.1) is 11.6 Å². The minimum atomic E-state index is 0.107. The van der Waals surface area contributed by atoms with Gasteiger partial charge in [0.25, 0.3) is 5.91 Å². The van der Waals surface area contributed by atoms with Gasteiger partial charge in [0.1, 0.15) is 0 Å². The zero-order chi connectivity index (χ0) is 11.5. The third-order valence-electron chi connectivity index (χ3n) is 3.32. The molecule has 1 aliphatic rings. The molecule has 2 unspecified atom stereocenters. The van der Waals surface area contributed by atoms with E-state index in [4.69, 9.17) is 11.6 Å². The number of likely N-dealkylation sites (tertiary alicyclic amines) is 1. The lowest BCUT2D eigenvalue weighted by atomic mass is 10.0. The van der Waals surface area contributed by atoms with Gasteiger partial charge < -0.3 is 4.90 Å². The molecule has 0 bridgehead atoms. The molecule has 0 radical (unpaired) electrons. The van der Waals surface area contributed by atoms with Gasteiger partial charge in [0.2, 0.25) is 0 Å². The Morgan fingerprint density at radius 1 is 1.44 bits per heavy atom. The maximum absolute atomic E-state index is 12.2. The van der Waals surface area contributed by atoms with Crippen LogP contribution < -0.4 is 0 Å². The first-order valence-electron chi connectivity index (χ1n) is 5.66. The Morgan fingerprint density at radius 2 is 2.12 bits per heavy atom. The van der Waals surface area contributed by atoms with Crippen molar-refractivity contribution in [3.63, 3.8) is 0 Å². The predicted molar refractivity (Wildman–Crippen MR) is 65.8 cm³/mol. The number of carbonyl (C=O) groups excluding carboxylic acids is 1. The SMILES string of the molecule is CC1CCN(C(=O)c2ccccc2)C1CCl. The lowest BCUT2D eigenvalue weighted by Gasteiger charge is -2.25. The van der Waals surface area contributed by atoms with Crippen LogP contribution in [0.15, 0.2) is 30.3 Å². The van der Waals surface area contributed by atoms with Crippen molar-refractivity contribution in [3.05, 3.63) is 35.9 Å². The van der Waals surface area contributed by atoms with Gasteiger partial charge in [-0.2, -0.15) is 0 Å². The number of hydrogen-bond donors (Lipinski definition) is 0. The molecule has 1 aliphatic heterocycles. The van der Waals surface area contributed by atoms with E-state index in [0.717, 1.165) is 18.5 Å². The second-order valence-electron chi connectivity index (χ2n) is 4.35. The van der Waals surface area contributed by atoms with Crippen molar-refractivity contribution >= 4 is 17.5 Å². The number of carbonyl (C=O) groups is 1. The summed E-state index contributed by atoms with van der Waals surface area (Å²) < 4.78 is 0. The molecule has 1 amide bonds. The van der Waals surface area contributed by atoms with E-state index in [2.05, 4.69) is 6.92 Å². The summed E-state index contributed by atoms with van der Waals surface area (Å²) in [7, 11) is 0. The van der Waals surface area contributed by atoms with Crippen molar-refractivity contribution < 1.29 is 4.79 Å². The molecule has 2 nitrogen and oxygen atoms in total. The molecule has 3 heteroatoms. The molecule has 0 spiro atoms. The average Bonchev–Trinajstić information content (AvgIpc) is 2.70. The first kappa shape index (κ1) is 11.5. The Labute approximate surface area is 101 Å². The van der Waals surface area contributed by atoms with Gasteiger partial charge in [-0.1, -0.05) is 25.1 Å². The average molecular weight is 238 g/mol. The van der Waals surface area contributed by atoms with Crippen LogP contribution in [0.25, 0.3) is 0 Å². The van der Waals surface area contributed by atoms with Crippen molar-refractivity contribution in [3.8, 4) is 0 Å². The molecule has 0 N–H and O–H groups in total. The Balaban J connectivity index is 2.17. The molecule has 1 heterocycles. The number of benzene rings is 1. The molecule has 1 fully saturated rings. The van der Waals surface area contributed by atoms with Crippen LogP contribution in [-0.4, -0.2) is 29.3 Å². The van der Waals surface area contributed by atoms with Crippen LogP contribution >= 0.6 is 11.6 Å². The fourth-order valence-corrected chi connectivity index (χ4v) is 2.71. The summed E-state index contributed by atoms with van der Waals surface area (Å²) in [6.07, 6.45) is 1.05. The fourth-order valence-electron chi connectivity index (χ4n) is 2.24. The summed E-state index contributed by atoms with van der Waals surface area (Å²) in [6.45, 7) is 2.98. The minimum Gasteiger partial charge on any atom is -0.334 e. The van der Waals surface area contributed by atoms with Gasteiger partial charge >= 0.3 is 0 Å². The number of amides is 1. The summed E-state index contributed by atoms with van der Waals surface area (Å²) in [5.41, 5.74) is 0.756. The number of nitrogens with zero attached hydrogens (tertiary/aromatic N) is 1. The maximum atomic E-state index is 12.2. The van der Waals surface area contributed by atoms with Crippen molar-refractivity contribution in [2.24, 2.45) is 5.92 Å². The molecule has 0 aliphatic carbocycles. The fraction of sp³-hybridized carbons (Fsp3) is 0.462. The van der Waals surface area contributed by atoms with Crippen molar-refractivity contribution in [2.45, 2.75) is 19.4 Å². The summed E-state index contributed by atoms with van der Waals surface area (Å²) >= 11 is 5.94. The van der Waals surface area contributed by atoms with Crippen LogP contribution in [0, 0.1) is 5.92 Å². The zero-order valence-corrected chi connectivity index (χ0v) is 10.2. The lowest BCUT2D eigenvalue weighted by molar-refractivity contribution is 0.0737. The topological polar surface area (TPSA) is 20.3 Å². The largest absolute Gasteiger partial charge is 0.334 e. The zero-order valence-electron chi connectivity index (χ0n) is 9.40. The van der Waals surface area contributed by atoms with Gasteiger partial charge in [-0.25, -0.2) is 0 Å². The smallest absolute Gasteiger partial charge is 0.254 e. The molecule has 86 valence electrons. The van der Waals surface area contributed by atoms with Crippen LogP contribution in [0.1, 0.15) is 23.7 Å². The van der Waals surface area contributed by atoms with Gasteiger partial charge in [-0.05, 0) is 24.5 Å². The Bertz CT molecular complexity index is 365. The van der Waals surface area contributed by atoms with Crippen LogP contribution in [0.2, 0.25) is 0 Å². The van der Waals surface area contributed by atoms with Gasteiger partial charge in [0, 0.05) is 24.0 Å². The summed E-state index contributed by atoms with van der Waals surface area (Å²) in [6, 6.07) is 9.61. The molecule has 0 saturated carbocycles. The van der Waals surface area contributed by atoms with E-state index < -0.39 is 0 Å². The molecule has 1 saturated heterocycles. The molecule has 16 heavy (non-hydrogen) atoms. The third kappa shape index (κ3) is 2.07. The number of rotatable bonds is 2. The van der Waals surface area contributed by atoms with E-state index in [1.54, 1.807) is 0 Å². The number of alkyl halides is 1. The van der Waals surface area contributed by atoms with E-state index in [9.17, 15) is 4.79 Å². The van der Waals surface area contributed by atoms with Crippen LogP contribution in [0.5, 0.6) is 0 Å². The Kier molecular flexibility index (Phi) is 3.49. The van der Waals surface area contributed by atoms with Crippen molar-refractivity contribution in [1.29, 1.82) is 0 Å². The van der Waals surface area contributed by atoms with Crippen LogP contribution in [0.4, 0.5) is 0 Å². The van der Waals surface area contributed by atoms with E-state index in [1.165, 1.54) is 0 Å². The number of halogens is 1. The molecular formula is C13H16ClNO. The van der Waals surface area contributed by atoms with Gasteiger partial charge in [0.05, 0.1) is 0 Å². The molecule has 1 aromatic rings. The monoisotopic (exact) mass is 237 g/mol. The number of hydrogen-bond acceptors (Lipinski definition) is 1. The third-order valence-corrected chi connectivity index (χ3v) is 3.64. The second-order valence-corrected chi connectivity index (χ2v) is 4.66. The van der Waals surface area contributed by atoms with E-state index in [1.807, 2.05) is 35.2 Å². The normalized spacial score (nSPS) is 24.8. The highest BCUT2D eigenvalue weighted by molar-refractivity contribution is 6.18. The van der Waals surface area contributed by atoms with Gasteiger partial charge in [-0.3, -0.25) is 4.79 Å². The highest BCUT2D eigenvalue weighted by Crippen LogP contribution is 2.26. The summed E-state index contributed by atoms with van der Waals surface area (Å²) in [4.78, 5) is 14.1. The minimum absolute atomic E-state index is 0.107. The van der Waals surface area contributed by atoms with Crippen molar-refractivity contribution in [2.75, 3.05) is 12.4 Å². The Hall–Kier alpha value is -1.02.